The van der Waals surface area contributed by atoms with Gasteiger partial charge in [0.1, 0.15) is 4.60 Å². The average molecular weight is 480 g/mol. The van der Waals surface area contributed by atoms with Crippen LogP contribution < -0.4 is 10.5 Å². The molecule has 2 heterocycles. The number of aryl methyl sites for hydroxylation is 1. The minimum Gasteiger partial charge on any atom is -0.393 e. The topological polar surface area (TPSA) is 123 Å². The Hall–Kier alpha value is -2.01. The number of fused-ring (bicyclic) bond motifs is 1. The maximum absolute atomic E-state index is 13.0. The summed E-state index contributed by atoms with van der Waals surface area (Å²) in [6.07, 6.45) is 5.56. The fourth-order valence-corrected chi connectivity index (χ4v) is 5.43. The van der Waals surface area contributed by atoms with Crippen molar-refractivity contribution in [2.75, 3.05) is 5.73 Å². The summed E-state index contributed by atoms with van der Waals surface area (Å²) in [6, 6.07) is 4.89. The van der Waals surface area contributed by atoms with Gasteiger partial charge in [0.25, 0.3) is 0 Å². The van der Waals surface area contributed by atoms with Crippen LogP contribution in [-0.4, -0.2) is 40.0 Å². The minimum atomic E-state index is -3.68. The Morgan fingerprint density at radius 1 is 1.28 bits per heavy atom. The van der Waals surface area contributed by atoms with E-state index in [0.29, 0.717) is 35.9 Å². The van der Waals surface area contributed by atoms with Gasteiger partial charge in [-0.15, -0.1) is 0 Å². The van der Waals surface area contributed by atoms with Crippen LogP contribution in [0.4, 0.5) is 5.82 Å². The van der Waals surface area contributed by atoms with Crippen molar-refractivity contribution in [2.24, 2.45) is 0 Å². The van der Waals surface area contributed by atoms with E-state index in [1.807, 2.05) is 6.92 Å². The fourth-order valence-electron chi connectivity index (χ4n) is 3.71. The molecule has 0 unspecified atom stereocenters. The van der Waals surface area contributed by atoms with E-state index < -0.39 is 10.0 Å². The maximum Gasteiger partial charge on any atom is 0.240 e. The van der Waals surface area contributed by atoms with Crippen LogP contribution in [-0.2, 0) is 10.0 Å². The molecule has 0 atom stereocenters. The average Bonchev–Trinajstić information content (AvgIpc) is 3.07. The number of benzene rings is 1. The van der Waals surface area contributed by atoms with Crippen LogP contribution in [0.25, 0.3) is 16.9 Å². The predicted octanol–water partition coefficient (Wildman–Crippen LogP) is 2.63. The van der Waals surface area contributed by atoms with Crippen molar-refractivity contribution in [1.82, 2.24) is 19.1 Å². The number of aromatic nitrogens is 3. The summed E-state index contributed by atoms with van der Waals surface area (Å²) in [4.78, 5) is 8.68. The smallest absolute Gasteiger partial charge is 0.240 e. The lowest BCUT2D eigenvalue weighted by molar-refractivity contribution is 0.120. The first kappa shape index (κ1) is 20.3. The molecule has 2 aromatic heterocycles. The Balaban J connectivity index is 1.72. The molecule has 1 aliphatic carbocycles. The number of rotatable bonds is 4. The molecule has 0 bridgehead atoms. The Morgan fingerprint density at radius 3 is 2.72 bits per heavy atom. The van der Waals surface area contributed by atoms with Crippen LogP contribution in [0.2, 0.25) is 0 Å². The van der Waals surface area contributed by atoms with Gasteiger partial charge in [-0.05, 0) is 66.2 Å². The van der Waals surface area contributed by atoms with E-state index in [4.69, 9.17) is 5.73 Å². The van der Waals surface area contributed by atoms with Gasteiger partial charge in [0.05, 0.1) is 22.9 Å². The molecule has 10 heteroatoms. The van der Waals surface area contributed by atoms with Gasteiger partial charge in [-0.2, -0.15) is 0 Å². The van der Waals surface area contributed by atoms with Gasteiger partial charge < -0.3 is 10.8 Å². The second-order valence-electron chi connectivity index (χ2n) is 7.39. The first-order valence-corrected chi connectivity index (χ1v) is 11.6. The second-order valence-corrected chi connectivity index (χ2v) is 9.92. The molecule has 0 spiro atoms. The van der Waals surface area contributed by atoms with E-state index in [0.717, 1.165) is 16.8 Å². The number of imidazole rings is 1. The number of nitrogen functional groups attached to an aromatic ring is 1. The number of nitrogens with one attached hydrogen (secondary N) is 1. The zero-order chi connectivity index (χ0) is 20.8. The van der Waals surface area contributed by atoms with Gasteiger partial charge in [0.2, 0.25) is 10.0 Å². The monoisotopic (exact) mass is 479 g/mol. The number of hydrogen-bond acceptors (Lipinski definition) is 6. The van der Waals surface area contributed by atoms with Crippen molar-refractivity contribution in [3.63, 3.8) is 0 Å². The van der Waals surface area contributed by atoms with E-state index in [9.17, 15) is 13.5 Å². The summed E-state index contributed by atoms with van der Waals surface area (Å²) in [5.74, 6) is 0.285. The molecular weight excluding hydrogens is 458 g/mol. The predicted molar refractivity (Wildman–Crippen MR) is 114 cm³/mol. The van der Waals surface area contributed by atoms with Gasteiger partial charge in [-0.25, -0.2) is 23.1 Å². The van der Waals surface area contributed by atoms with Crippen LogP contribution in [0.15, 0.2) is 40.1 Å². The molecule has 3 aromatic rings. The van der Waals surface area contributed by atoms with Crippen molar-refractivity contribution in [2.45, 2.75) is 49.6 Å². The second kappa shape index (κ2) is 7.67. The van der Waals surface area contributed by atoms with Crippen molar-refractivity contribution < 1.29 is 13.5 Å². The Morgan fingerprint density at radius 2 is 2.00 bits per heavy atom. The summed E-state index contributed by atoms with van der Waals surface area (Å²) in [5, 5.41) is 9.64. The molecule has 4 N–H and O–H groups in total. The zero-order valence-corrected chi connectivity index (χ0v) is 18.2. The fraction of sp³-hybridized carbons (Fsp3) is 0.368. The summed E-state index contributed by atoms with van der Waals surface area (Å²) < 4.78 is 31.0. The molecule has 0 aliphatic heterocycles. The number of aliphatic hydroxyl groups excluding tert-OH is 1. The molecular formula is C19H22BrN5O3S. The third-order valence-corrected chi connectivity index (χ3v) is 7.20. The highest BCUT2D eigenvalue weighted by molar-refractivity contribution is 9.10. The molecule has 1 saturated carbocycles. The van der Waals surface area contributed by atoms with Gasteiger partial charge in [-0.3, -0.25) is 4.40 Å². The first-order chi connectivity index (χ1) is 13.7. The molecule has 1 aliphatic rings. The summed E-state index contributed by atoms with van der Waals surface area (Å²) in [6.45, 7) is 1.92. The van der Waals surface area contributed by atoms with Gasteiger partial charge >= 0.3 is 0 Å². The third-order valence-electron chi connectivity index (χ3n) is 5.30. The number of hydrogen-bond donors (Lipinski definition) is 3. The Labute approximate surface area is 177 Å². The third kappa shape index (κ3) is 4.02. The molecule has 0 saturated heterocycles. The molecule has 1 aromatic carbocycles. The normalized spacial score (nSPS) is 20.2. The van der Waals surface area contributed by atoms with Crippen molar-refractivity contribution in [3.8, 4) is 11.3 Å². The number of nitrogens with zero attached hydrogens (tertiary/aromatic N) is 3. The Kier molecular flexibility index (Phi) is 5.36. The number of halogens is 1. The molecule has 8 nitrogen and oxygen atoms in total. The number of anilines is 1. The summed E-state index contributed by atoms with van der Waals surface area (Å²) >= 11 is 3.34. The number of nitrogens with two attached hydrogens (primary N) is 1. The minimum absolute atomic E-state index is 0.161. The van der Waals surface area contributed by atoms with Crippen LogP contribution in [0.3, 0.4) is 0 Å². The van der Waals surface area contributed by atoms with Gasteiger partial charge in [0.15, 0.2) is 11.5 Å². The zero-order valence-electron chi connectivity index (χ0n) is 15.8. The molecule has 29 heavy (non-hydrogen) atoms. The van der Waals surface area contributed by atoms with Gasteiger partial charge in [-0.1, -0.05) is 6.07 Å². The van der Waals surface area contributed by atoms with Crippen molar-refractivity contribution >= 4 is 37.4 Å². The standard InChI is InChI=1S/C19H22BrN5O3S/c1-11-2-7-14(29(27,28)24-12-3-5-13(26)6-4-12)8-15(11)16-9-22-19-18(21)23-17(20)10-25(16)19/h2,7-10,12-13,24,26H,3-6H2,1H3,(H2,21,23)/t12-,13-. The molecule has 4 rings (SSSR count). The SMILES string of the molecule is Cc1ccc(S(=O)(=O)N[C@H]2CC[C@H](O)CC2)cc1-c1cnc2c(N)nc(Br)cn12. The van der Waals surface area contributed by atoms with E-state index >= 15 is 0 Å². The van der Waals surface area contributed by atoms with E-state index in [1.165, 1.54) is 0 Å². The lowest BCUT2D eigenvalue weighted by Crippen LogP contribution is -2.38. The highest BCUT2D eigenvalue weighted by Crippen LogP contribution is 2.29. The van der Waals surface area contributed by atoms with E-state index in [2.05, 4.69) is 30.6 Å². The number of aliphatic hydroxyl groups is 1. The first-order valence-electron chi connectivity index (χ1n) is 9.35. The lowest BCUT2D eigenvalue weighted by Gasteiger charge is -2.26. The van der Waals surface area contributed by atoms with Crippen LogP contribution in [0, 0.1) is 6.92 Å². The van der Waals surface area contributed by atoms with Crippen LogP contribution >= 0.6 is 15.9 Å². The molecule has 1 fully saturated rings. The number of sulfonamides is 1. The van der Waals surface area contributed by atoms with E-state index in [1.54, 1.807) is 35.0 Å². The largest absolute Gasteiger partial charge is 0.393 e. The Bertz CT molecular complexity index is 1170. The lowest BCUT2D eigenvalue weighted by atomic mass is 9.94. The molecule has 0 amide bonds. The highest BCUT2D eigenvalue weighted by Gasteiger charge is 2.25. The van der Waals surface area contributed by atoms with Crippen LogP contribution in [0.5, 0.6) is 0 Å². The maximum atomic E-state index is 13.0. The highest BCUT2D eigenvalue weighted by atomic mass is 79.9. The van der Waals surface area contributed by atoms with Gasteiger partial charge in [0, 0.05) is 17.8 Å². The van der Waals surface area contributed by atoms with E-state index in [-0.39, 0.29) is 22.9 Å². The summed E-state index contributed by atoms with van der Waals surface area (Å²) in [5.41, 5.74) is 8.85. The van der Waals surface area contributed by atoms with Crippen LogP contribution in [0.1, 0.15) is 31.2 Å². The summed E-state index contributed by atoms with van der Waals surface area (Å²) in [7, 11) is -3.68. The molecule has 0 radical (unpaired) electrons. The van der Waals surface area contributed by atoms with Crippen molar-refractivity contribution in [1.29, 1.82) is 0 Å². The molecule has 154 valence electrons. The quantitative estimate of drug-likeness (QED) is 0.528. The van der Waals surface area contributed by atoms with Crippen molar-refractivity contribution in [3.05, 3.63) is 40.8 Å².